The van der Waals surface area contributed by atoms with Gasteiger partial charge in [0.15, 0.2) is 11.5 Å². The van der Waals surface area contributed by atoms with Crippen molar-refractivity contribution in [2.24, 2.45) is 16.8 Å². The van der Waals surface area contributed by atoms with Crippen molar-refractivity contribution in [3.63, 3.8) is 0 Å². The van der Waals surface area contributed by atoms with Crippen molar-refractivity contribution in [3.8, 4) is 0 Å². The first-order valence-corrected chi connectivity index (χ1v) is 6.35. The van der Waals surface area contributed by atoms with E-state index in [0.29, 0.717) is 10.8 Å². The number of nitrogens with two attached hydrogens (primary N) is 1. The fraction of sp³-hybridized carbons (Fsp3) is 0.400. The van der Waals surface area contributed by atoms with Crippen molar-refractivity contribution >= 4 is 23.3 Å². The van der Waals surface area contributed by atoms with Crippen LogP contribution in [0.3, 0.4) is 0 Å². The summed E-state index contributed by atoms with van der Waals surface area (Å²) in [6.45, 7) is 1.91. The summed E-state index contributed by atoms with van der Waals surface area (Å²) in [7, 11) is 0. The van der Waals surface area contributed by atoms with Gasteiger partial charge < -0.3 is 16.0 Å². The summed E-state index contributed by atoms with van der Waals surface area (Å²) in [6.07, 6.45) is 0. The van der Waals surface area contributed by atoms with E-state index in [1.165, 1.54) is 23.9 Å². The molecule has 1 heterocycles. The van der Waals surface area contributed by atoms with Crippen LogP contribution >= 0.6 is 11.8 Å². The summed E-state index contributed by atoms with van der Waals surface area (Å²) in [4.78, 5) is 14.1. The Balaban J connectivity index is 3.02. The maximum atomic E-state index is 10.8. The molecule has 9 heteroatoms. The lowest BCUT2D eigenvalue weighted by Gasteiger charge is -2.07. The second-order valence-corrected chi connectivity index (χ2v) is 4.90. The second-order valence-electron chi connectivity index (χ2n) is 3.86. The summed E-state index contributed by atoms with van der Waals surface area (Å²) in [5, 5.41) is 31.6. The van der Waals surface area contributed by atoms with Crippen LogP contribution < -0.4 is 5.73 Å². The van der Waals surface area contributed by atoms with E-state index >= 15 is 0 Å². The number of nitro groups is 1. The lowest BCUT2D eigenvalue weighted by molar-refractivity contribution is -0.385. The van der Waals surface area contributed by atoms with E-state index in [2.05, 4.69) is 10.1 Å². The molecule has 19 heavy (non-hydrogen) atoms. The van der Waals surface area contributed by atoms with E-state index in [0.717, 1.165) is 0 Å². The molecule has 1 unspecified atom stereocenters. The zero-order chi connectivity index (χ0) is 14.4. The molecule has 0 saturated heterocycles. The lowest BCUT2D eigenvalue weighted by Crippen LogP contribution is -2.17. The Kier molecular flexibility index (Phi) is 5.52. The molecular formula is C10H14N4O4S. The van der Waals surface area contributed by atoms with E-state index in [1.807, 2.05) is 6.92 Å². The molecule has 0 aliphatic rings. The largest absolute Gasteiger partial charge is 0.409 e. The van der Waals surface area contributed by atoms with Gasteiger partial charge in [-0.3, -0.25) is 10.1 Å². The highest BCUT2D eigenvalue weighted by atomic mass is 32.2. The van der Waals surface area contributed by atoms with Crippen LogP contribution in [0.4, 0.5) is 5.69 Å². The first-order valence-electron chi connectivity index (χ1n) is 5.36. The maximum Gasteiger partial charge on any atom is 0.298 e. The van der Waals surface area contributed by atoms with E-state index in [1.54, 1.807) is 0 Å². The third-order valence-electron chi connectivity index (χ3n) is 2.22. The molecule has 104 valence electrons. The summed E-state index contributed by atoms with van der Waals surface area (Å²) in [6, 6.07) is 2.74. The molecule has 0 aromatic carbocycles. The van der Waals surface area contributed by atoms with Crippen LogP contribution in [0.5, 0.6) is 0 Å². The highest BCUT2D eigenvalue weighted by Crippen LogP contribution is 2.23. The molecule has 0 fully saturated rings. The Morgan fingerprint density at radius 2 is 2.37 bits per heavy atom. The topological polar surface area (TPSA) is 135 Å². The Bertz CT molecular complexity index is 494. The number of pyridine rings is 1. The van der Waals surface area contributed by atoms with Gasteiger partial charge in [-0.1, -0.05) is 12.1 Å². The standard InChI is InChI=1S/C10H14N4O4S/c1-6(4-15)5-19-8-3-2-7(14(17)18)9(12-8)10(11)13-16/h2-3,6,15-16H,4-5H2,1H3,(H2,11,13). The third-order valence-corrected chi connectivity index (χ3v) is 3.48. The van der Waals surface area contributed by atoms with Crippen molar-refractivity contribution in [1.82, 2.24) is 4.98 Å². The summed E-state index contributed by atoms with van der Waals surface area (Å²) >= 11 is 1.33. The maximum absolute atomic E-state index is 10.8. The Morgan fingerprint density at radius 1 is 1.68 bits per heavy atom. The van der Waals surface area contributed by atoms with Gasteiger partial charge in [-0.05, 0) is 12.0 Å². The van der Waals surface area contributed by atoms with Gasteiger partial charge in [0.05, 0.1) is 9.95 Å². The molecular weight excluding hydrogens is 272 g/mol. The molecule has 1 atom stereocenters. The van der Waals surface area contributed by atoms with Gasteiger partial charge in [0.2, 0.25) is 0 Å². The molecule has 8 nitrogen and oxygen atoms in total. The molecule has 0 radical (unpaired) electrons. The van der Waals surface area contributed by atoms with Crippen LogP contribution in [-0.2, 0) is 0 Å². The van der Waals surface area contributed by atoms with Crippen LogP contribution in [0.15, 0.2) is 22.3 Å². The second kappa shape index (κ2) is 6.90. The van der Waals surface area contributed by atoms with Crippen molar-refractivity contribution < 1.29 is 15.2 Å². The number of hydrogen-bond donors (Lipinski definition) is 3. The normalized spacial score (nSPS) is 13.3. The number of aliphatic hydroxyl groups excluding tert-OH is 1. The van der Waals surface area contributed by atoms with Gasteiger partial charge in [0.25, 0.3) is 5.69 Å². The fourth-order valence-electron chi connectivity index (χ4n) is 1.18. The summed E-state index contributed by atoms with van der Waals surface area (Å²) < 4.78 is 0. The van der Waals surface area contributed by atoms with Crippen LogP contribution in [-0.4, -0.2) is 38.4 Å². The van der Waals surface area contributed by atoms with Crippen LogP contribution in [0.2, 0.25) is 0 Å². The molecule has 0 saturated carbocycles. The number of rotatable bonds is 6. The SMILES string of the molecule is CC(CO)CSc1ccc([N+](=O)[O-])c(/C(N)=N/O)n1. The van der Waals surface area contributed by atoms with E-state index < -0.39 is 10.8 Å². The highest BCUT2D eigenvalue weighted by molar-refractivity contribution is 7.99. The average Bonchev–Trinajstić information content (AvgIpc) is 2.43. The van der Waals surface area contributed by atoms with Crippen molar-refractivity contribution in [2.75, 3.05) is 12.4 Å². The predicted molar refractivity (Wildman–Crippen MR) is 70.4 cm³/mol. The van der Waals surface area contributed by atoms with Gasteiger partial charge in [-0.15, -0.1) is 11.8 Å². The molecule has 1 aromatic heterocycles. The summed E-state index contributed by atoms with van der Waals surface area (Å²) in [5.74, 6) is 0.273. The predicted octanol–water partition coefficient (Wildman–Crippen LogP) is 0.805. The molecule has 0 bridgehead atoms. The first kappa shape index (κ1) is 15.2. The minimum absolute atomic E-state index is 0.0487. The van der Waals surface area contributed by atoms with Crippen LogP contribution in [0.1, 0.15) is 12.6 Å². The third kappa shape index (κ3) is 4.07. The molecule has 0 aliphatic heterocycles. The quantitative estimate of drug-likeness (QED) is 0.176. The molecule has 4 N–H and O–H groups in total. The van der Waals surface area contributed by atoms with Gasteiger partial charge in [-0.2, -0.15) is 0 Å². The first-order chi connectivity index (χ1) is 8.99. The fourth-order valence-corrected chi connectivity index (χ4v) is 2.06. The molecule has 0 spiro atoms. The molecule has 1 rings (SSSR count). The number of aromatic nitrogens is 1. The van der Waals surface area contributed by atoms with Crippen LogP contribution in [0, 0.1) is 16.0 Å². The van der Waals surface area contributed by atoms with Gasteiger partial charge in [0.1, 0.15) is 0 Å². The van der Waals surface area contributed by atoms with Crippen molar-refractivity contribution in [1.29, 1.82) is 0 Å². The molecule has 1 aromatic rings. The van der Waals surface area contributed by atoms with E-state index in [-0.39, 0.29) is 23.9 Å². The van der Waals surface area contributed by atoms with Crippen LogP contribution in [0.25, 0.3) is 0 Å². The lowest BCUT2D eigenvalue weighted by atomic mass is 10.2. The van der Waals surface area contributed by atoms with Gasteiger partial charge in [-0.25, -0.2) is 4.98 Å². The smallest absolute Gasteiger partial charge is 0.298 e. The van der Waals surface area contributed by atoms with E-state index in [9.17, 15) is 10.1 Å². The number of thioether (sulfide) groups is 1. The average molecular weight is 286 g/mol. The Hall–Kier alpha value is -1.87. The monoisotopic (exact) mass is 286 g/mol. The van der Waals surface area contributed by atoms with Gasteiger partial charge >= 0.3 is 0 Å². The number of amidine groups is 1. The number of hydrogen-bond acceptors (Lipinski definition) is 7. The Labute approximate surface area is 113 Å². The number of oxime groups is 1. The minimum Gasteiger partial charge on any atom is -0.409 e. The summed E-state index contributed by atoms with van der Waals surface area (Å²) in [5.41, 5.74) is 4.87. The highest BCUT2D eigenvalue weighted by Gasteiger charge is 2.20. The number of nitrogens with zero attached hydrogens (tertiary/aromatic N) is 3. The van der Waals surface area contributed by atoms with Crippen molar-refractivity contribution in [3.05, 3.63) is 27.9 Å². The Morgan fingerprint density at radius 3 is 2.89 bits per heavy atom. The van der Waals surface area contributed by atoms with Crippen molar-refractivity contribution in [2.45, 2.75) is 11.9 Å². The van der Waals surface area contributed by atoms with E-state index in [4.69, 9.17) is 16.0 Å². The minimum atomic E-state index is -0.648. The zero-order valence-electron chi connectivity index (χ0n) is 10.2. The zero-order valence-corrected chi connectivity index (χ0v) is 11.0. The number of aliphatic hydroxyl groups is 1. The van der Waals surface area contributed by atoms with Gasteiger partial charge in [0, 0.05) is 18.4 Å². The molecule has 0 aliphatic carbocycles. The molecule has 0 amide bonds.